The molecule has 0 aromatic heterocycles. The Kier molecular flexibility index (Phi) is 4.43. The number of amides is 2. The van der Waals surface area contributed by atoms with Crippen LogP contribution < -0.4 is 11.1 Å². The Bertz CT molecular complexity index is 654. The van der Waals surface area contributed by atoms with Crippen LogP contribution in [0.15, 0.2) is 29.3 Å². The Morgan fingerprint density at radius 3 is 2.65 bits per heavy atom. The molecule has 0 bridgehead atoms. The lowest BCUT2D eigenvalue weighted by Crippen LogP contribution is -2.30. The zero-order valence-electron chi connectivity index (χ0n) is 13.3. The van der Waals surface area contributed by atoms with E-state index in [1.54, 1.807) is 0 Å². The Labute approximate surface area is 140 Å². The van der Waals surface area contributed by atoms with Crippen LogP contribution in [-0.2, 0) is 9.59 Å². The highest BCUT2D eigenvalue weighted by molar-refractivity contribution is 8.15. The average molecular weight is 331 g/mol. The maximum absolute atomic E-state index is 12.1. The summed E-state index contributed by atoms with van der Waals surface area (Å²) in [6.07, 6.45) is 1.10. The second-order valence-corrected chi connectivity index (χ2v) is 7.66. The summed E-state index contributed by atoms with van der Waals surface area (Å²) in [5.74, 6) is 0.495. The molecule has 0 radical (unpaired) electrons. The van der Waals surface area contributed by atoms with Gasteiger partial charge in [0.2, 0.25) is 5.91 Å². The van der Waals surface area contributed by atoms with Gasteiger partial charge in [-0.05, 0) is 23.5 Å². The number of nitrogens with zero attached hydrogens (tertiary/aromatic N) is 1. The Balaban J connectivity index is 1.49. The smallest absolute Gasteiger partial charge is 0.262 e. The van der Waals surface area contributed by atoms with E-state index in [2.05, 4.69) is 48.4 Å². The van der Waals surface area contributed by atoms with Gasteiger partial charge in [0.05, 0.1) is 0 Å². The molecule has 122 valence electrons. The van der Waals surface area contributed by atoms with Crippen LogP contribution in [-0.4, -0.2) is 28.3 Å². The first-order valence-electron chi connectivity index (χ1n) is 7.88. The van der Waals surface area contributed by atoms with Crippen molar-refractivity contribution in [1.29, 1.82) is 0 Å². The van der Waals surface area contributed by atoms with Gasteiger partial charge in [0.15, 0.2) is 5.17 Å². The summed E-state index contributed by atoms with van der Waals surface area (Å²) in [6, 6.07) is 8.79. The molecule has 5 nitrogen and oxygen atoms in total. The molecule has 1 saturated carbocycles. The summed E-state index contributed by atoms with van der Waals surface area (Å²) < 4.78 is 0. The van der Waals surface area contributed by atoms with Gasteiger partial charge in [0, 0.05) is 18.4 Å². The average Bonchev–Trinajstić information content (AvgIpc) is 3.18. The molecule has 1 aliphatic carbocycles. The first-order valence-corrected chi connectivity index (χ1v) is 8.76. The van der Waals surface area contributed by atoms with Crippen LogP contribution in [0.3, 0.4) is 0 Å². The number of carbonyl (C=O) groups excluding carboxylic acids is 2. The molecule has 6 heteroatoms. The van der Waals surface area contributed by atoms with Gasteiger partial charge in [-0.1, -0.05) is 49.9 Å². The van der Waals surface area contributed by atoms with Crippen molar-refractivity contribution in [1.82, 2.24) is 5.32 Å². The van der Waals surface area contributed by atoms with Gasteiger partial charge in [-0.25, -0.2) is 0 Å². The molecule has 0 saturated heterocycles. The van der Waals surface area contributed by atoms with E-state index >= 15 is 0 Å². The lowest BCUT2D eigenvalue weighted by Gasteiger charge is -2.09. The minimum Gasteiger partial charge on any atom is -0.378 e. The molecule has 2 amide bonds. The standard InChI is InChI=1S/C17H21N3O2S/c1-9(2)10-3-5-11(6-4-10)12-7-13(12)19-15(21)8-14-16(22)20-17(18)23-14/h3-6,9,12-14H,7-8H2,1-2H3,(H,19,21)(H2,18,20,22)/t12-,13+,14-/m0/s1. The molecule has 3 rings (SSSR count). The van der Waals surface area contributed by atoms with Gasteiger partial charge in [0.25, 0.3) is 5.91 Å². The third kappa shape index (κ3) is 3.75. The lowest BCUT2D eigenvalue weighted by atomic mass is 10.0. The van der Waals surface area contributed by atoms with Gasteiger partial charge in [0.1, 0.15) is 5.25 Å². The Morgan fingerprint density at radius 2 is 2.09 bits per heavy atom. The molecule has 0 spiro atoms. The van der Waals surface area contributed by atoms with Gasteiger partial charge in [-0.3, -0.25) is 9.59 Å². The van der Waals surface area contributed by atoms with Crippen LogP contribution in [0, 0.1) is 0 Å². The van der Waals surface area contributed by atoms with Crippen LogP contribution in [0.5, 0.6) is 0 Å². The number of thioether (sulfide) groups is 1. The van der Waals surface area contributed by atoms with E-state index < -0.39 is 5.25 Å². The van der Waals surface area contributed by atoms with E-state index in [1.807, 2.05) is 0 Å². The fourth-order valence-electron chi connectivity index (χ4n) is 2.82. The molecule has 1 heterocycles. The number of benzene rings is 1. The number of aliphatic imine (C=N–C) groups is 1. The van der Waals surface area contributed by atoms with Gasteiger partial charge < -0.3 is 11.1 Å². The summed E-state index contributed by atoms with van der Waals surface area (Å²) >= 11 is 1.17. The normalized spacial score (nSPS) is 26.3. The number of hydrogen-bond donors (Lipinski definition) is 2. The number of hydrogen-bond acceptors (Lipinski definition) is 4. The van der Waals surface area contributed by atoms with E-state index in [-0.39, 0.29) is 29.4 Å². The molecule has 3 N–H and O–H groups in total. The van der Waals surface area contributed by atoms with Crippen molar-refractivity contribution < 1.29 is 9.59 Å². The summed E-state index contributed by atoms with van der Waals surface area (Å²) in [5, 5.41) is 2.80. The third-order valence-corrected chi connectivity index (χ3v) is 5.28. The summed E-state index contributed by atoms with van der Waals surface area (Å²) in [6.45, 7) is 4.35. The number of nitrogens with one attached hydrogen (secondary N) is 1. The first kappa shape index (κ1) is 16.1. The SMILES string of the molecule is CC(C)c1ccc([C@@H]2C[C@H]2NC(=O)C[C@@H]2SC(N)=NC2=O)cc1. The van der Waals surface area contributed by atoms with E-state index in [1.165, 1.54) is 22.9 Å². The molecular formula is C17H21N3O2S. The van der Waals surface area contributed by atoms with E-state index in [0.29, 0.717) is 11.8 Å². The van der Waals surface area contributed by atoms with Crippen LogP contribution in [0.25, 0.3) is 0 Å². The minimum atomic E-state index is -0.461. The van der Waals surface area contributed by atoms with Crippen LogP contribution in [0.4, 0.5) is 0 Å². The van der Waals surface area contributed by atoms with E-state index in [4.69, 9.17) is 5.73 Å². The molecule has 23 heavy (non-hydrogen) atoms. The van der Waals surface area contributed by atoms with Gasteiger partial charge in [-0.15, -0.1) is 0 Å². The van der Waals surface area contributed by atoms with Gasteiger partial charge in [-0.2, -0.15) is 4.99 Å². The highest BCUT2D eigenvalue weighted by Crippen LogP contribution is 2.41. The quantitative estimate of drug-likeness (QED) is 0.865. The fourth-order valence-corrected chi connectivity index (χ4v) is 3.64. The molecule has 1 fully saturated rings. The maximum atomic E-state index is 12.1. The monoisotopic (exact) mass is 331 g/mol. The maximum Gasteiger partial charge on any atom is 0.262 e. The third-order valence-electron chi connectivity index (χ3n) is 4.30. The highest BCUT2D eigenvalue weighted by Gasteiger charge is 2.40. The van der Waals surface area contributed by atoms with Crippen molar-refractivity contribution in [2.75, 3.05) is 0 Å². The van der Waals surface area contributed by atoms with Crippen molar-refractivity contribution in [3.05, 3.63) is 35.4 Å². The molecule has 0 unspecified atom stereocenters. The molecule has 3 atom stereocenters. The molecular weight excluding hydrogens is 310 g/mol. The van der Waals surface area contributed by atoms with Crippen LogP contribution in [0.1, 0.15) is 49.7 Å². The van der Waals surface area contributed by atoms with Gasteiger partial charge >= 0.3 is 0 Å². The minimum absolute atomic E-state index is 0.105. The van der Waals surface area contributed by atoms with Crippen molar-refractivity contribution in [2.45, 2.75) is 49.8 Å². The largest absolute Gasteiger partial charge is 0.378 e. The molecule has 2 aliphatic rings. The second-order valence-electron chi connectivity index (χ2n) is 6.44. The number of carbonyl (C=O) groups is 2. The highest BCUT2D eigenvalue weighted by atomic mass is 32.2. The zero-order valence-corrected chi connectivity index (χ0v) is 14.1. The predicted octanol–water partition coefficient (Wildman–Crippen LogP) is 2.13. The Hall–Kier alpha value is -1.82. The number of rotatable bonds is 5. The second kappa shape index (κ2) is 6.35. The van der Waals surface area contributed by atoms with Crippen LogP contribution in [0.2, 0.25) is 0 Å². The van der Waals surface area contributed by atoms with Crippen molar-refractivity contribution in [3.63, 3.8) is 0 Å². The van der Waals surface area contributed by atoms with Crippen molar-refractivity contribution >= 4 is 28.7 Å². The molecule has 1 aliphatic heterocycles. The van der Waals surface area contributed by atoms with E-state index in [9.17, 15) is 9.59 Å². The van der Waals surface area contributed by atoms with Crippen molar-refractivity contribution in [2.24, 2.45) is 10.7 Å². The van der Waals surface area contributed by atoms with E-state index in [0.717, 1.165) is 6.42 Å². The van der Waals surface area contributed by atoms with Crippen molar-refractivity contribution in [3.8, 4) is 0 Å². The van der Waals surface area contributed by atoms with Crippen LogP contribution >= 0.6 is 11.8 Å². The lowest BCUT2D eigenvalue weighted by molar-refractivity contribution is -0.124. The molecule has 1 aromatic rings. The summed E-state index contributed by atoms with van der Waals surface area (Å²) in [5.41, 5.74) is 8.08. The summed E-state index contributed by atoms with van der Waals surface area (Å²) in [4.78, 5) is 27.2. The topological polar surface area (TPSA) is 84.6 Å². The summed E-state index contributed by atoms with van der Waals surface area (Å²) in [7, 11) is 0. The number of amidine groups is 1. The molecule has 1 aromatic carbocycles. The fraction of sp³-hybridized carbons (Fsp3) is 0.471. The Morgan fingerprint density at radius 1 is 1.39 bits per heavy atom. The number of nitrogens with two attached hydrogens (primary N) is 1. The predicted molar refractivity (Wildman–Crippen MR) is 92.4 cm³/mol. The first-order chi connectivity index (χ1) is 10.9. The zero-order chi connectivity index (χ0) is 16.6.